The van der Waals surface area contributed by atoms with E-state index in [2.05, 4.69) is 0 Å². The van der Waals surface area contributed by atoms with Gasteiger partial charge in [-0.3, -0.25) is 10.8 Å². The first-order valence-electron chi connectivity index (χ1n) is 11.9. The molecule has 2 heterocycles. The number of hydrogen-bond donors (Lipinski definition) is 6. The van der Waals surface area contributed by atoms with Crippen molar-refractivity contribution in [2.75, 3.05) is 26.2 Å². The summed E-state index contributed by atoms with van der Waals surface area (Å²) in [6.07, 6.45) is 1.36. The number of piperidine rings is 1. The molecule has 8 N–H and O–H groups in total. The fourth-order valence-corrected chi connectivity index (χ4v) is 4.59. The predicted octanol–water partition coefficient (Wildman–Crippen LogP) is 1.49. The summed E-state index contributed by atoms with van der Waals surface area (Å²) in [5, 5.41) is 35.0. The molecular weight excluding hydrogens is 464 g/mol. The lowest BCUT2D eigenvalue weighted by Crippen LogP contribution is -2.44. The Morgan fingerprint density at radius 3 is 2.28 bits per heavy atom. The number of fused-ring (bicyclic) bond motifs is 1. The van der Waals surface area contributed by atoms with E-state index >= 15 is 0 Å². The summed E-state index contributed by atoms with van der Waals surface area (Å²) in [4.78, 5) is 15.5. The SMILES string of the molecule is N=C(N)N1CCC(Oc2ccc(C(CO)Oc3cc4c(cc3C(=O)O)CCN(C(=N)N)C4)cc2)CC1. The Morgan fingerprint density at radius 2 is 1.69 bits per heavy atom. The Kier molecular flexibility index (Phi) is 7.49. The lowest BCUT2D eigenvalue weighted by Gasteiger charge is -2.32. The number of nitrogens with zero attached hydrogens (tertiary/aromatic N) is 2. The molecule has 0 spiro atoms. The normalized spacial score (nSPS) is 16.7. The van der Waals surface area contributed by atoms with Gasteiger partial charge < -0.3 is 41.0 Å². The minimum absolute atomic E-state index is 0.0273. The lowest BCUT2D eigenvalue weighted by atomic mass is 9.96. The van der Waals surface area contributed by atoms with Gasteiger partial charge in [0, 0.05) is 39.0 Å². The number of benzene rings is 2. The first-order valence-corrected chi connectivity index (χ1v) is 11.9. The molecule has 0 saturated carbocycles. The number of aromatic carboxylic acids is 1. The van der Waals surface area contributed by atoms with Crippen molar-refractivity contribution in [2.24, 2.45) is 11.5 Å². The van der Waals surface area contributed by atoms with E-state index in [1.54, 1.807) is 41.3 Å². The number of carboxylic acids is 1. The highest BCUT2D eigenvalue weighted by Crippen LogP contribution is 2.32. The van der Waals surface area contributed by atoms with Crippen molar-refractivity contribution in [1.29, 1.82) is 10.8 Å². The molecule has 0 bridgehead atoms. The number of rotatable bonds is 7. The van der Waals surface area contributed by atoms with Crippen molar-refractivity contribution < 1.29 is 24.5 Å². The zero-order chi connectivity index (χ0) is 25.8. The lowest BCUT2D eigenvalue weighted by molar-refractivity contribution is 0.0679. The van der Waals surface area contributed by atoms with Crippen LogP contribution in [-0.4, -0.2) is 70.2 Å². The monoisotopic (exact) mass is 496 g/mol. The maximum absolute atomic E-state index is 11.9. The third kappa shape index (κ3) is 5.62. The quantitative estimate of drug-likeness (QED) is 0.244. The molecule has 2 aliphatic heterocycles. The van der Waals surface area contributed by atoms with Gasteiger partial charge in [-0.05, 0) is 47.4 Å². The van der Waals surface area contributed by atoms with Gasteiger partial charge in [0.25, 0.3) is 0 Å². The molecule has 0 amide bonds. The summed E-state index contributed by atoms with van der Waals surface area (Å²) >= 11 is 0. The molecule has 1 fully saturated rings. The van der Waals surface area contributed by atoms with Crippen LogP contribution in [0.15, 0.2) is 36.4 Å². The second-order valence-electron chi connectivity index (χ2n) is 9.03. The number of hydrogen-bond acceptors (Lipinski definition) is 6. The van der Waals surface area contributed by atoms with Crippen LogP contribution >= 0.6 is 0 Å². The standard InChI is InChI=1S/C25H32N6O5/c26-24(27)30-9-6-19(7-10-30)35-18-3-1-15(2-4-18)22(14-32)36-21-12-17-13-31(25(28)29)8-5-16(17)11-20(21)23(33)34/h1-4,11-12,19,22,32H,5-10,13-14H2,(H3,26,27)(H3,28,29)(H,33,34). The molecule has 11 nitrogen and oxygen atoms in total. The van der Waals surface area contributed by atoms with Crippen LogP contribution in [0.25, 0.3) is 0 Å². The third-order valence-corrected chi connectivity index (χ3v) is 6.66. The van der Waals surface area contributed by atoms with E-state index in [9.17, 15) is 15.0 Å². The van der Waals surface area contributed by atoms with Crippen LogP contribution in [0.2, 0.25) is 0 Å². The first kappa shape index (κ1) is 25.1. The van der Waals surface area contributed by atoms with Crippen LogP contribution in [0.5, 0.6) is 11.5 Å². The highest BCUT2D eigenvalue weighted by atomic mass is 16.5. The van der Waals surface area contributed by atoms with Crippen LogP contribution in [0.3, 0.4) is 0 Å². The summed E-state index contributed by atoms with van der Waals surface area (Å²) in [6, 6.07) is 10.5. The molecule has 36 heavy (non-hydrogen) atoms. The van der Waals surface area contributed by atoms with Crippen LogP contribution in [0.4, 0.5) is 0 Å². The average Bonchev–Trinajstić information content (AvgIpc) is 2.87. The highest BCUT2D eigenvalue weighted by molar-refractivity contribution is 5.91. The second kappa shape index (κ2) is 10.7. The van der Waals surface area contributed by atoms with Gasteiger partial charge in [-0.25, -0.2) is 4.79 Å². The Morgan fingerprint density at radius 1 is 1.03 bits per heavy atom. The first-order chi connectivity index (χ1) is 17.2. The molecular formula is C25H32N6O5. The molecule has 1 atom stereocenters. The topological polar surface area (TPSA) is 182 Å². The van der Waals surface area contributed by atoms with Crippen molar-refractivity contribution in [3.8, 4) is 11.5 Å². The summed E-state index contributed by atoms with van der Waals surface area (Å²) in [6.45, 7) is 1.94. The zero-order valence-electron chi connectivity index (χ0n) is 19.9. The number of carboxylic acid groups (broad SMARTS) is 1. The third-order valence-electron chi connectivity index (χ3n) is 6.66. The number of nitrogens with two attached hydrogens (primary N) is 2. The average molecular weight is 497 g/mol. The molecule has 1 saturated heterocycles. The summed E-state index contributed by atoms with van der Waals surface area (Å²) in [5.74, 6) is -0.234. The number of guanidine groups is 2. The molecule has 11 heteroatoms. The second-order valence-corrected chi connectivity index (χ2v) is 9.03. The van der Waals surface area contributed by atoms with E-state index in [1.807, 2.05) is 4.90 Å². The van der Waals surface area contributed by atoms with Gasteiger partial charge >= 0.3 is 5.97 Å². The van der Waals surface area contributed by atoms with E-state index in [4.69, 9.17) is 31.8 Å². The Balaban J connectivity index is 1.47. The van der Waals surface area contributed by atoms with E-state index in [-0.39, 0.29) is 35.9 Å². The number of carbonyl (C=O) groups is 1. The van der Waals surface area contributed by atoms with E-state index in [0.717, 1.165) is 24.0 Å². The van der Waals surface area contributed by atoms with Crippen molar-refractivity contribution >= 4 is 17.9 Å². The number of aliphatic hydroxyl groups excluding tert-OH is 1. The van der Waals surface area contributed by atoms with Gasteiger partial charge in [-0.15, -0.1) is 0 Å². The van der Waals surface area contributed by atoms with E-state index in [0.29, 0.717) is 43.9 Å². The fourth-order valence-electron chi connectivity index (χ4n) is 4.59. The zero-order valence-corrected chi connectivity index (χ0v) is 19.9. The van der Waals surface area contributed by atoms with Crippen LogP contribution in [0, 0.1) is 10.8 Å². The van der Waals surface area contributed by atoms with Gasteiger partial charge in [-0.2, -0.15) is 0 Å². The summed E-state index contributed by atoms with van der Waals surface area (Å²) in [5.41, 5.74) is 13.6. The van der Waals surface area contributed by atoms with Crippen molar-refractivity contribution in [1.82, 2.24) is 9.80 Å². The number of nitrogens with one attached hydrogen (secondary N) is 2. The highest BCUT2D eigenvalue weighted by Gasteiger charge is 2.25. The number of aliphatic hydroxyl groups is 1. The largest absolute Gasteiger partial charge is 0.490 e. The van der Waals surface area contributed by atoms with Gasteiger partial charge in [0.15, 0.2) is 11.9 Å². The van der Waals surface area contributed by atoms with Crippen LogP contribution in [0.1, 0.15) is 46.0 Å². The Hall–Kier alpha value is -3.99. The summed E-state index contributed by atoms with van der Waals surface area (Å²) < 4.78 is 12.1. The van der Waals surface area contributed by atoms with Crippen molar-refractivity contribution in [3.05, 3.63) is 58.7 Å². The van der Waals surface area contributed by atoms with Gasteiger partial charge in [0.2, 0.25) is 0 Å². The molecule has 192 valence electrons. The molecule has 0 aromatic heterocycles. The maximum atomic E-state index is 11.9. The van der Waals surface area contributed by atoms with Crippen LogP contribution in [-0.2, 0) is 13.0 Å². The molecule has 4 rings (SSSR count). The number of ether oxygens (including phenoxy) is 2. The molecule has 2 aromatic rings. The Bertz CT molecular complexity index is 1130. The van der Waals surface area contributed by atoms with E-state index in [1.165, 1.54) is 0 Å². The number of likely N-dealkylation sites (tertiary alicyclic amines) is 1. The van der Waals surface area contributed by atoms with Gasteiger partial charge in [-0.1, -0.05) is 12.1 Å². The fraction of sp³-hybridized carbons (Fsp3) is 0.400. The molecule has 0 aliphatic carbocycles. The predicted molar refractivity (Wildman–Crippen MR) is 133 cm³/mol. The molecule has 2 aliphatic rings. The molecule has 2 aromatic carbocycles. The minimum atomic E-state index is -1.11. The minimum Gasteiger partial charge on any atom is -0.490 e. The smallest absolute Gasteiger partial charge is 0.339 e. The molecule has 1 unspecified atom stereocenters. The maximum Gasteiger partial charge on any atom is 0.339 e. The Labute approximate surface area is 209 Å². The summed E-state index contributed by atoms with van der Waals surface area (Å²) in [7, 11) is 0. The van der Waals surface area contributed by atoms with Crippen molar-refractivity contribution in [2.45, 2.75) is 38.0 Å². The van der Waals surface area contributed by atoms with Gasteiger partial charge in [0.1, 0.15) is 29.3 Å². The van der Waals surface area contributed by atoms with Crippen molar-refractivity contribution in [3.63, 3.8) is 0 Å². The van der Waals surface area contributed by atoms with E-state index < -0.39 is 12.1 Å². The van der Waals surface area contributed by atoms with Gasteiger partial charge in [0.05, 0.1) is 6.61 Å². The van der Waals surface area contributed by atoms with Crippen LogP contribution < -0.4 is 20.9 Å². The molecule has 0 radical (unpaired) electrons.